The molecule has 3 aromatic carbocycles. The molecule has 34 heavy (non-hydrogen) atoms. The van der Waals surface area contributed by atoms with E-state index in [4.69, 9.17) is 4.74 Å². The van der Waals surface area contributed by atoms with E-state index in [0.29, 0.717) is 35.8 Å². The van der Waals surface area contributed by atoms with Gasteiger partial charge in [-0.1, -0.05) is 12.1 Å². The van der Waals surface area contributed by atoms with E-state index in [1.165, 1.54) is 22.9 Å². The maximum absolute atomic E-state index is 12.6. The highest BCUT2D eigenvalue weighted by Gasteiger charge is 2.23. The van der Waals surface area contributed by atoms with Gasteiger partial charge in [0, 0.05) is 43.1 Å². The first-order chi connectivity index (χ1) is 16.4. The normalized spacial score (nSPS) is 13.5. The second kappa shape index (κ2) is 9.87. The number of nitrogens with zero attached hydrogens (tertiary/aromatic N) is 2. The van der Waals surface area contributed by atoms with Gasteiger partial charge in [0.05, 0.1) is 18.4 Å². The minimum absolute atomic E-state index is 0.174. The predicted octanol–water partition coefficient (Wildman–Crippen LogP) is 4.59. The van der Waals surface area contributed by atoms with Crippen LogP contribution in [0.4, 0.5) is 17.1 Å². The standard InChI is InChI=1S/C27H29N3O4/c1-18-4-5-19(2)25(16-18)30-14-12-29(13-15-30)24-11-8-21(17-23(24)27(32)33)28-26(31)20-6-9-22(34-3)10-7-20/h4-11,16-17H,12-15H2,1-3H3,(H,28,31)(H,32,33). The van der Waals surface area contributed by atoms with Gasteiger partial charge in [0.15, 0.2) is 0 Å². The lowest BCUT2D eigenvalue weighted by Gasteiger charge is -2.38. The van der Waals surface area contributed by atoms with Crippen LogP contribution in [0.5, 0.6) is 5.75 Å². The van der Waals surface area contributed by atoms with Crippen LogP contribution in [0.15, 0.2) is 60.7 Å². The Labute approximate surface area is 199 Å². The highest BCUT2D eigenvalue weighted by Crippen LogP contribution is 2.28. The van der Waals surface area contributed by atoms with Crippen LogP contribution >= 0.6 is 0 Å². The van der Waals surface area contributed by atoms with E-state index >= 15 is 0 Å². The van der Waals surface area contributed by atoms with Crippen molar-refractivity contribution in [2.75, 3.05) is 48.4 Å². The highest BCUT2D eigenvalue weighted by atomic mass is 16.5. The molecule has 0 bridgehead atoms. The fourth-order valence-electron chi connectivity index (χ4n) is 4.25. The summed E-state index contributed by atoms with van der Waals surface area (Å²) in [7, 11) is 1.56. The Bertz CT molecular complexity index is 1200. The molecule has 0 radical (unpaired) electrons. The summed E-state index contributed by atoms with van der Waals surface area (Å²) < 4.78 is 5.12. The predicted molar refractivity (Wildman–Crippen MR) is 135 cm³/mol. The number of carbonyl (C=O) groups is 2. The fourth-order valence-corrected chi connectivity index (χ4v) is 4.25. The Morgan fingerprint density at radius 3 is 2.12 bits per heavy atom. The first-order valence-corrected chi connectivity index (χ1v) is 11.3. The lowest BCUT2D eigenvalue weighted by molar-refractivity contribution is 0.0697. The number of hydrogen-bond donors (Lipinski definition) is 2. The third-order valence-electron chi connectivity index (χ3n) is 6.16. The van der Waals surface area contributed by atoms with Crippen LogP contribution in [0, 0.1) is 13.8 Å². The average molecular weight is 460 g/mol. The van der Waals surface area contributed by atoms with Crippen LogP contribution in [-0.2, 0) is 0 Å². The summed E-state index contributed by atoms with van der Waals surface area (Å²) >= 11 is 0. The number of aromatic carboxylic acids is 1. The molecule has 0 aromatic heterocycles. The van der Waals surface area contributed by atoms with E-state index in [1.807, 2.05) is 0 Å². The summed E-state index contributed by atoms with van der Waals surface area (Å²) in [5.41, 5.74) is 5.43. The number of piperazine rings is 1. The Balaban J connectivity index is 1.48. The molecule has 1 aliphatic heterocycles. The first-order valence-electron chi connectivity index (χ1n) is 11.3. The maximum Gasteiger partial charge on any atom is 0.337 e. The minimum Gasteiger partial charge on any atom is -0.497 e. The molecule has 2 N–H and O–H groups in total. The number of benzene rings is 3. The number of carbonyl (C=O) groups excluding carboxylic acids is 1. The SMILES string of the molecule is COc1ccc(C(=O)Nc2ccc(N3CCN(c4cc(C)ccc4C)CC3)c(C(=O)O)c2)cc1. The average Bonchev–Trinajstić information content (AvgIpc) is 2.85. The molecule has 3 aromatic rings. The molecular weight excluding hydrogens is 430 g/mol. The van der Waals surface area contributed by atoms with Crippen molar-refractivity contribution < 1.29 is 19.4 Å². The van der Waals surface area contributed by atoms with Crippen LogP contribution in [0.2, 0.25) is 0 Å². The lowest BCUT2D eigenvalue weighted by atomic mass is 10.1. The summed E-state index contributed by atoms with van der Waals surface area (Å²) in [6.45, 7) is 7.24. The number of rotatable bonds is 6. The van der Waals surface area contributed by atoms with Crippen molar-refractivity contribution in [1.82, 2.24) is 0 Å². The number of carboxylic acids is 1. The second-order valence-corrected chi connectivity index (χ2v) is 8.48. The number of carboxylic acid groups (broad SMARTS) is 1. The molecule has 0 spiro atoms. The van der Waals surface area contributed by atoms with Gasteiger partial charge in [0.2, 0.25) is 0 Å². The van der Waals surface area contributed by atoms with Gasteiger partial charge < -0.3 is 25.0 Å². The monoisotopic (exact) mass is 459 g/mol. The van der Waals surface area contributed by atoms with Crippen molar-refractivity contribution in [1.29, 1.82) is 0 Å². The molecule has 0 unspecified atom stereocenters. The van der Waals surface area contributed by atoms with E-state index in [1.54, 1.807) is 43.5 Å². The number of nitrogens with one attached hydrogen (secondary N) is 1. The summed E-state index contributed by atoms with van der Waals surface area (Å²) in [6.07, 6.45) is 0. The van der Waals surface area contributed by atoms with Gasteiger partial charge in [-0.05, 0) is 73.5 Å². The van der Waals surface area contributed by atoms with Crippen LogP contribution in [0.1, 0.15) is 31.8 Å². The molecule has 0 saturated carbocycles. The molecule has 4 rings (SSSR count). The smallest absolute Gasteiger partial charge is 0.337 e. The van der Waals surface area contributed by atoms with Gasteiger partial charge >= 0.3 is 5.97 Å². The van der Waals surface area contributed by atoms with Gasteiger partial charge in [-0.3, -0.25) is 4.79 Å². The van der Waals surface area contributed by atoms with Gasteiger partial charge in [-0.25, -0.2) is 4.79 Å². The van der Waals surface area contributed by atoms with Crippen molar-refractivity contribution in [3.05, 3.63) is 82.9 Å². The molecule has 1 aliphatic rings. The molecule has 0 aliphatic carbocycles. The van der Waals surface area contributed by atoms with Gasteiger partial charge in [0.25, 0.3) is 5.91 Å². The maximum atomic E-state index is 12.6. The number of aryl methyl sites for hydroxylation is 2. The Morgan fingerprint density at radius 2 is 1.50 bits per heavy atom. The van der Waals surface area contributed by atoms with Gasteiger partial charge in [-0.2, -0.15) is 0 Å². The Morgan fingerprint density at radius 1 is 0.853 bits per heavy atom. The fraction of sp³-hybridized carbons (Fsp3) is 0.259. The zero-order chi connectivity index (χ0) is 24.2. The summed E-state index contributed by atoms with van der Waals surface area (Å²) in [5.74, 6) is -0.673. The van der Waals surface area contributed by atoms with Crippen LogP contribution in [0.3, 0.4) is 0 Å². The van der Waals surface area contributed by atoms with Crippen LogP contribution < -0.4 is 19.9 Å². The number of methoxy groups -OCH3 is 1. The number of amides is 1. The summed E-state index contributed by atoms with van der Waals surface area (Å²) in [5, 5.41) is 12.7. The first kappa shape index (κ1) is 23.2. The lowest BCUT2D eigenvalue weighted by Crippen LogP contribution is -2.47. The zero-order valence-corrected chi connectivity index (χ0v) is 19.7. The number of anilines is 3. The number of ether oxygens (including phenoxy) is 1. The van der Waals surface area contributed by atoms with Crippen molar-refractivity contribution in [3.63, 3.8) is 0 Å². The van der Waals surface area contributed by atoms with Crippen molar-refractivity contribution in [2.24, 2.45) is 0 Å². The Kier molecular flexibility index (Phi) is 6.72. The van der Waals surface area contributed by atoms with E-state index in [0.717, 1.165) is 13.1 Å². The molecule has 1 saturated heterocycles. The minimum atomic E-state index is -1.02. The molecule has 7 nitrogen and oxygen atoms in total. The molecule has 7 heteroatoms. The summed E-state index contributed by atoms with van der Waals surface area (Å²) in [6, 6.07) is 18.2. The molecule has 0 atom stereocenters. The van der Waals surface area contributed by atoms with Crippen LogP contribution in [0.25, 0.3) is 0 Å². The van der Waals surface area contributed by atoms with Gasteiger partial charge in [-0.15, -0.1) is 0 Å². The largest absolute Gasteiger partial charge is 0.497 e. The quantitative estimate of drug-likeness (QED) is 0.561. The van der Waals surface area contributed by atoms with E-state index in [9.17, 15) is 14.7 Å². The Hall–Kier alpha value is -4.00. The summed E-state index contributed by atoms with van der Waals surface area (Å²) in [4.78, 5) is 29.1. The molecule has 1 heterocycles. The van der Waals surface area contributed by atoms with Gasteiger partial charge in [0.1, 0.15) is 5.75 Å². The molecule has 1 fully saturated rings. The molecule has 176 valence electrons. The van der Waals surface area contributed by atoms with Crippen molar-refractivity contribution in [3.8, 4) is 5.75 Å². The zero-order valence-electron chi connectivity index (χ0n) is 19.7. The van der Waals surface area contributed by atoms with Crippen LogP contribution in [-0.4, -0.2) is 50.3 Å². The van der Waals surface area contributed by atoms with Crippen molar-refractivity contribution in [2.45, 2.75) is 13.8 Å². The van der Waals surface area contributed by atoms with E-state index < -0.39 is 5.97 Å². The van der Waals surface area contributed by atoms with E-state index in [2.05, 4.69) is 47.2 Å². The third kappa shape index (κ3) is 4.98. The molecular formula is C27H29N3O4. The molecule has 1 amide bonds. The third-order valence-corrected chi connectivity index (χ3v) is 6.16. The topological polar surface area (TPSA) is 82.1 Å². The van der Waals surface area contributed by atoms with E-state index in [-0.39, 0.29) is 11.5 Å². The highest BCUT2D eigenvalue weighted by molar-refractivity contribution is 6.05. The number of hydrogen-bond acceptors (Lipinski definition) is 5. The van der Waals surface area contributed by atoms with Crippen molar-refractivity contribution >= 4 is 28.9 Å². The second-order valence-electron chi connectivity index (χ2n) is 8.48.